The van der Waals surface area contributed by atoms with Crippen molar-refractivity contribution in [3.8, 4) is 0 Å². The SMILES string of the molecule is Nc1ccn(OCC(CO)OCP(=O)(O)CP(=O)(O)O)c(=O)n1. The molecule has 1 aromatic rings. The van der Waals surface area contributed by atoms with Crippen LogP contribution >= 0.6 is 15.0 Å². The number of aliphatic hydroxyl groups is 1. The summed E-state index contributed by atoms with van der Waals surface area (Å²) in [4.78, 5) is 46.5. The minimum absolute atomic E-state index is 0.0107. The molecule has 0 amide bonds. The highest BCUT2D eigenvalue weighted by molar-refractivity contribution is 7.72. The fraction of sp³-hybridized carbons (Fsp3) is 0.556. The first-order valence-electron chi connectivity index (χ1n) is 6.09. The molecule has 0 fully saturated rings. The van der Waals surface area contributed by atoms with Gasteiger partial charge in [0, 0.05) is 6.07 Å². The molecule has 14 heteroatoms. The van der Waals surface area contributed by atoms with Crippen molar-refractivity contribution in [2.24, 2.45) is 0 Å². The molecule has 1 aromatic heterocycles. The lowest BCUT2D eigenvalue weighted by atomic mass is 10.4. The van der Waals surface area contributed by atoms with Crippen molar-refractivity contribution in [2.45, 2.75) is 6.10 Å². The Labute approximate surface area is 130 Å². The minimum atomic E-state index is -4.68. The van der Waals surface area contributed by atoms with Crippen molar-refractivity contribution in [3.05, 3.63) is 22.7 Å². The van der Waals surface area contributed by atoms with Gasteiger partial charge < -0.3 is 35.1 Å². The van der Waals surface area contributed by atoms with Gasteiger partial charge in [-0.3, -0.25) is 9.13 Å². The normalized spacial score (nSPS) is 15.8. The van der Waals surface area contributed by atoms with Crippen molar-refractivity contribution in [2.75, 3.05) is 31.2 Å². The van der Waals surface area contributed by atoms with E-state index >= 15 is 0 Å². The first-order valence-corrected chi connectivity index (χ1v) is 9.91. The van der Waals surface area contributed by atoms with Crippen molar-refractivity contribution in [3.63, 3.8) is 0 Å². The van der Waals surface area contributed by atoms with Crippen LogP contribution in [-0.2, 0) is 13.9 Å². The highest BCUT2D eigenvalue weighted by Gasteiger charge is 2.30. The van der Waals surface area contributed by atoms with E-state index < -0.39 is 45.6 Å². The number of aromatic nitrogens is 2. The largest absolute Gasteiger partial charge is 0.407 e. The molecule has 1 heterocycles. The Morgan fingerprint density at radius 1 is 1.35 bits per heavy atom. The Kier molecular flexibility index (Phi) is 6.90. The molecule has 23 heavy (non-hydrogen) atoms. The highest BCUT2D eigenvalue weighted by Crippen LogP contribution is 2.54. The van der Waals surface area contributed by atoms with Crippen LogP contribution in [0.15, 0.2) is 17.1 Å². The zero-order valence-electron chi connectivity index (χ0n) is 11.8. The van der Waals surface area contributed by atoms with Gasteiger partial charge >= 0.3 is 13.3 Å². The number of ether oxygens (including phenoxy) is 1. The number of nitrogen functional groups attached to an aromatic ring is 1. The van der Waals surface area contributed by atoms with Gasteiger partial charge in [-0.15, -0.1) is 4.73 Å². The number of nitrogens with zero attached hydrogens (tertiary/aromatic N) is 2. The van der Waals surface area contributed by atoms with Gasteiger partial charge in [0.25, 0.3) is 0 Å². The van der Waals surface area contributed by atoms with E-state index in [1.54, 1.807) is 0 Å². The molecule has 2 unspecified atom stereocenters. The van der Waals surface area contributed by atoms with Crippen LogP contribution in [0.25, 0.3) is 0 Å². The smallest absolute Gasteiger partial charge is 0.382 e. The Morgan fingerprint density at radius 2 is 2.00 bits per heavy atom. The molecular formula is C9H17N3O9P2. The number of aliphatic hydroxyl groups excluding tert-OH is 1. The standard InChI is InChI=1S/C9H17N3O9P2/c10-8-1-2-12(9(14)11-8)21-4-7(3-13)20-5-22(15,16)6-23(17,18)19/h1-2,7,13H,3-6H2,(H,15,16)(H2,10,11,14)(H2,17,18,19). The predicted molar refractivity (Wildman–Crippen MR) is 77.9 cm³/mol. The minimum Gasteiger partial charge on any atom is -0.407 e. The van der Waals surface area contributed by atoms with Crippen molar-refractivity contribution >= 4 is 20.8 Å². The average Bonchev–Trinajstić information content (AvgIpc) is 2.38. The second kappa shape index (κ2) is 8.02. The zero-order valence-corrected chi connectivity index (χ0v) is 13.5. The average molecular weight is 373 g/mol. The summed E-state index contributed by atoms with van der Waals surface area (Å²) in [6.07, 6.45) is -0.803. The van der Waals surface area contributed by atoms with E-state index in [1.165, 1.54) is 12.3 Å². The van der Waals surface area contributed by atoms with Gasteiger partial charge in [-0.2, -0.15) is 4.98 Å². The second-order valence-corrected chi connectivity index (χ2v) is 8.92. The fourth-order valence-electron chi connectivity index (χ4n) is 1.37. The van der Waals surface area contributed by atoms with Gasteiger partial charge in [0.15, 0.2) is 0 Å². The highest BCUT2D eigenvalue weighted by atomic mass is 31.2. The molecule has 1 rings (SSSR count). The number of rotatable bonds is 9. The molecule has 0 saturated heterocycles. The Morgan fingerprint density at radius 3 is 2.52 bits per heavy atom. The molecule has 0 spiro atoms. The molecule has 0 aliphatic carbocycles. The molecule has 0 aliphatic rings. The third-order valence-electron chi connectivity index (χ3n) is 2.31. The maximum absolute atomic E-state index is 11.6. The van der Waals surface area contributed by atoms with Crippen molar-refractivity contribution < 1.29 is 38.5 Å². The van der Waals surface area contributed by atoms with Crippen LogP contribution in [0.3, 0.4) is 0 Å². The molecule has 0 bridgehead atoms. The van der Waals surface area contributed by atoms with E-state index in [1.807, 2.05) is 0 Å². The van der Waals surface area contributed by atoms with E-state index in [2.05, 4.69) is 4.98 Å². The maximum atomic E-state index is 11.6. The summed E-state index contributed by atoms with van der Waals surface area (Å²) < 4.78 is 27.9. The van der Waals surface area contributed by atoms with Gasteiger partial charge in [-0.25, -0.2) is 4.79 Å². The summed E-state index contributed by atoms with van der Waals surface area (Å²) in [6, 6.07) is 1.29. The summed E-state index contributed by atoms with van der Waals surface area (Å²) in [5, 5.41) is 9.09. The van der Waals surface area contributed by atoms with Crippen LogP contribution < -0.4 is 16.3 Å². The molecule has 132 valence electrons. The van der Waals surface area contributed by atoms with Crippen molar-refractivity contribution in [1.82, 2.24) is 9.71 Å². The molecule has 12 nitrogen and oxygen atoms in total. The topological polar surface area (TPSA) is 194 Å². The number of hydrogen-bond donors (Lipinski definition) is 5. The van der Waals surface area contributed by atoms with Crippen molar-refractivity contribution in [1.29, 1.82) is 0 Å². The van der Waals surface area contributed by atoms with E-state index in [4.69, 9.17) is 30.2 Å². The number of hydrogen-bond acceptors (Lipinski definition) is 8. The molecule has 0 radical (unpaired) electrons. The molecule has 2 atom stereocenters. The van der Waals surface area contributed by atoms with Crippen LogP contribution in [0.4, 0.5) is 5.82 Å². The van der Waals surface area contributed by atoms with Gasteiger partial charge in [0.05, 0.1) is 12.8 Å². The molecule has 0 aliphatic heterocycles. The molecule has 0 aromatic carbocycles. The summed E-state index contributed by atoms with van der Waals surface area (Å²) in [6.45, 7) is -0.995. The third-order valence-corrected chi connectivity index (χ3v) is 6.11. The van der Waals surface area contributed by atoms with Crippen LogP contribution in [0.5, 0.6) is 0 Å². The molecule has 6 N–H and O–H groups in total. The lowest BCUT2D eigenvalue weighted by Gasteiger charge is -2.19. The van der Waals surface area contributed by atoms with Crippen LogP contribution in [0, 0.1) is 0 Å². The molecule has 0 saturated carbocycles. The quantitative estimate of drug-likeness (QED) is 0.300. The summed E-state index contributed by atoms with van der Waals surface area (Å²) in [5.41, 5.74) is 4.48. The lowest BCUT2D eigenvalue weighted by molar-refractivity contribution is -0.0358. The second-order valence-electron chi connectivity index (χ2n) is 4.51. The monoisotopic (exact) mass is 373 g/mol. The third kappa shape index (κ3) is 7.71. The zero-order chi connectivity index (χ0) is 17.7. The number of nitrogens with two attached hydrogens (primary N) is 1. The van der Waals surface area contributed by atoms with Crippen LogP contribution in [0.1, 0.15) is 0 Å². The predicted octanol–water partition coefficient (Wildman–Crippen LogP) is -2.01. The molecular weight excluding hydrogens is 356 g/mol. The van der Waals surface area contributed by atoms with E-state index in [0.29, 0.717) is 0 Å². The first-order chi connectivity index (χ1) is 10.5. The summed E-state index contributed by atoms with van der Waals surface area (Å²) >= 11 is 0. The van der Waals surface area contributed by atoms with Gasteiger partial charge in [0.2, 0.25) is 7.37 Å². The van der Waals surface area contributed by atoms with E-state index in [9.17, 15) is 18.8 Å². The Bertz CT molecular complexity index is 672. The van der Waals surface area contributed by atoms with Gasteiger partial charge in [-0.05, 0) is 0 Å². The maximum Gasteiger partial charge on any atom is 0.382 e. The number of anilines is 1. The van der Waals surface area contributed by atoms with Gasteiger partial charge in [-0.1, -0.05) is 0 Å². The van der Waals surface area contributed by atoms with Gasteiger partial charge in [0.1, 0.15) is 30.8 Å². The summed E-state index contributed by atoms with van der Waals surface area (Å²) in [7, 11) is -8.92. The van der Waals surface area contributed by atoms with E-state index in [0.717, 1.165) is 4.73 Å². The van der Waals surface area contributed by atoms with Crippen LogP contribution in [0.2, 0.25) is 0 Å². The van der Waals surface area contributed by atoms with E-state index in [-0.39, 0.29) is 12.4 Å². The van der Waals surface area contributed by atoms with Crippen LogP contribution in [-0.4, -0.2) is 61.1 Å². The first kappa shape index (κ1) is 19.8. The Hall–Kier alpha value is -1.26. The fourth-order valence-corrected chi connectivity index (χ4v) is 4.44. The Balaban J connectivity index is 2.56. The lowest BCUT2D eigenvalue weighted by Crippen LogP contribution is -2.35. The summed E-state index contributed by atoms with van der Waals surface area (Å²) in [5.74, 6) is -1.25.